The van der Waals surface area contributed by atoms with Crippen LogP contribution in [0.1, 0.15) is 23.4 Å². The molecule has 1 amide bonds. The van der Waals surface area contributed by atoms with Crippen molar-refractivity contribution in [1.82, 2.24) is 19.7 Å². The van der Waals surface area contributed by atoms with Crippen molar-refractivity contribution in [1.29, 1.82) is 0 Å². The summed E-state index contributed by atoms with van der Waals surface area (Å²) < 4.78 is 1.55. The van der Waals surface area contributed by atoms with Gasteiger partial charge in [0, 0.05) is 7.05 Å². The van der Waals surface area contributed by atoms with Crippen LogP contribution in [0.25, 0.3) is 5.69 Å². The first-order valence-corrected chi connectivity index (χ1v) is 6.41. The molecule has 0 aliphatic carbocycles. The predicted molar refractivity (Wildman–Crippen MR) is 75.3 cm³/mol. The van der Waals surface area contributed by atoms with E-state index in [4.69, 9.17) is 5.11 Å². The number of hydrogen-bond donors (Lipinski definition) is 1. The van der Waals surface area contributed by atoms with Gasteiger partial charge in [0.2, 0.25) is 5.82 Å². The van der Waals surface area contributed by atoms with Gasteiger partial charge in [0.15, 0.2) is 0 Å². The zero-order chi connectivity index (χ0) is 15.6. The number of carbonyl (C=O) groups is 2. The third-order valence-corrected chi connectivity index (χ3v) is 3.22. The first-order chi connectivity index (χ1) is 9.91. The van der Waals surface area contributed by atoms with Crippen molar-refractivity contribution in [3.8, 4) is 5.69 Å². The minimum Gasteiger partial charge on any atom is -0.480 e. The van der Waals surface area contributed by atoms with Crippen LogP contribution in [-0.2, 0) is 4.79 Å². The van der Waals surface area contributed by atoms with Crippen molar-refractivity contribution in [2.45, 2.75) is 19.9 Å². The van der Waals surface area contributed by atoms with Crippen LogP contribution in [0.15, 0.2) is 30.3 Å². The third-order valence-electron chi connectivity index (χ3n) is 3.22. The molecular formula is C14H16N4O3. The topological polar surface area (TPSA) is 88.3 Å². The van der Waals surface area contributed by atoms with Gasteiger partial charge in [-0.1, -0.05) is 18.2 Å². The second kappa shape index (κ2) is 5.74. The summed E-state index contributed by atoms with van der Waals surface area (Å²) >= 11 is 0. The quantitative estimate of drug-likeness (QED) is 0.910. The molecule has 1 unspecified atom stereocenters. The van der Waals surface area contributed by atoms with Crippen molar-refractivity contribution in [3.05, 3.63) is 42.0 Å². The predicted octanol–water partition coefficient (Wildman–Crippen LogP) is 1.12. The number of likely N-dealkylation sites (N-methyl/N-ethyl adjacent to an activating group) is 1. The first-order valence-electron chi connectivity index (χ1n) is 6.41. The molecule has 0 bridgehead atoms. The lowest BCUT2D eigenvalue weighted by molar-refractivity contribution is -0.141. The maximum Gasteiger partial charge on any atom is 0.326 e. The summed E-state index contributed by atoms with van der Waals surface area (Å²) in [5.74, 6) is -1.07. The summed E-state index contributed by atoms with van der Waals surface area (Å²) in [6.07, 6.45) is 0. The Morgan fingerprint density at radius 2 is 1.90 bits per heavy atom. The second-order valence-electron chi connectivity index (χ2n) is 4.66. The molecule has 7 heteroatoms. The largest absolute Gasteiger partial charge is 0.480 e. The number of amides is 1. The highest BCUT2D eigenvalue weighted by atomic mass is 16.4. The van der Waals surface area contributed by atoms with E-state index in [-0.39, 0.29) is 5.82 Å². The Morgan fingerprint density at radius 1 is 1.29 bits per heavy atom. The number of aryl methyl sites for hydroxylation is 1. The molecule has 1 N–H and O–H groups in total. The molecule has 110 valence electrons. The summed E-state index contributed by atoms with van der Waals surface area (Å²) in [6.45, 7) is 3.17. The Labute approximate surface area is 121 Å². The summed E-state index contributed by atoms with van der Waals surface area (Å²) in [5.41, 5.74) is 0.787. The van der Waals surface area contributed by atoms with E-state index in [0.717, 1.165) is 10.6 Å². The lowest BCUT2D eigenvalue weighted by Gasteiger charge is -2.19. The number of hydrogen-bond acceptors (Lipinski definition) is 4. The molecule has 7 nitrogen and oxygen atoms in total. The Kier molecular flexibility index (Phi) is 4.02. The van der Waals surface area contributed by atoms with Gasteiger partial charge in [-0.25, -0.2) is 14.5 Å². The Bertz CT molecular complexity index is 666. The summed E-state index contributed by atoms with van der Waals surface area (Å²) in [7, 11) is 1.42. The van der Waals surface area contributed by atoms with Gasteiger partial charge >= 0.3 is 5.97 Å². The van der Waals surface area contributed by atoms with Crippen LogP contribution in [0.3, 0.4) is 0 Å². The molecule has 1 heterocycles. The molecule has 2 rings (SSSR count). The lowest BCUT2D eigenvalue weighted by Crippen LogP contribution is -2.40. The minimum atomic E-state index is -1.08. The molecule has 1 atom stereocenters. The monoisotopic (exact) mass is 288 g/mol. The molecule has 0 spiro atoms. The lowest BCUT2D eigenvalue weighted by atomic mass is 10.3. The van der Waals surface area contributed by atoms with E-state index in [2.05, 4.69) is 10.1 Å². The molecule has 0 aliphatic rings. The molecule has 0 saturated heterocycles. The molecule has 2 aromatic rings. The average molecular weight is 288 g/mol. The summed E-state index contributed by atoms with van der Waals surface area (Å²) in [5, 5.41) is 13.1. The van der Waals surface area contributed by atoms with Gasteiger partial charge in [-0.2, -0.15) is 0 Å². The number of carboxylic acids is 1. The number of rotatable bonds is 4. The van der Waals surface area contributed by atoms with E-state index in [1.54, 1.807) is 11.6 Å². The van der Waals surface area contributed by atoms with E-state index in [1.807, 2.05) is 30.3 Å². The SMILES string of the molecule is Cc1nc(C(=O)N(C)C(C)C(=O)O)nn1-c1ccccc1. The number of carboxylic acid groups (broad SMARTS) is 1. The molecule has 0 saturated carbocycles. The zero-order valence-electron chi connectivity index (χ0n) is 12.0. The summed E-state index contributed by atoms with van der Waals surface area (Å²) in [4.78, 5) is 28.4. The van der Waals surface area contributed by atoms with Crippen molar-refractivity contribution in [2.75, 3.05) is 7.05 Å². The Hall–Kier alpha value is -2.70. The van der Waals surface area contributed by atoms with Crippen LogP contribution in [-0.4, -0.2) is 49.7 Å². The number of para-hydroxylation sites is 1. The van der Waals surface area contributed by atoms with E-state index >= 15 is 0 Å². The molecule has 0 fully saturated rings. The minimum absolute atomic E-state index is 0.0213. The number of aromatic nitrogens is 3. The third kappa shape index (κ3) is 2.91. The first kappa shape index (κ1) is 14.7. The van der Waals surface area contributed by atoms with E-state index in [0.29, 0.717) is 5.82 Å². The molecule has 0 radical (unpaired) electrons. The van der Waals surface area contributed by atoms with Gasteiger partial charge < -0.3 is 10.0 Å². The fourth-order valence-corrected chi connectivity index (χ4v) is 1.79. The van der Waals surface area contributed by atoms with Gasteiger partial charge in [-0.15, -0.1) is 5.10 Å². The maximum absolute atomic E-state index is 12.2. The molecule has 1 aromatic carbocycles. The smallest absolute Gasteiger partial charge is 0.326 e. The van der Waals surface area contributed by atoms with Gasteiger partial charge in [0.1, 0.15) is 11.9 Å². The highest BCUT2D eigenvalue weighted by Gasteiger charge is 2.26. The normalized spacial score (nSPS) is 12.0. The number of aliphatic carboxylic acids is 1. The highest BCUT2D eigenvalue weighted by Crippen LogP contribution is 2.10. The van der Waals surface area contributed by atoms with Crippen LogP contribution >= 0.6 is 0 Å². The van der Waals surface area contributed by atoms with Crippen LogP contribution in [0.5, 0.6) is 0 Å². The van der Waals surface area contributed by atoms with E-state index in [1.165, 1.54) is 14.0 Å². The van der Waals surface area contributed by atoms with Gasteiger partial charge in [-0.3, -0.25) is 4.79 Å². The fourth-order valence-electron chi connectivity index (χ4n) is 1.79. The molecule has 21 heavy (non-hydrogen) atoms. The standard InChI is InChI=1S/C14H16N4O3/c1-9(14(20)21)17(3)13(19)12-15-10(2)18(16-12)11-7-5-4-6-8-11/h4-9H,1-3H3,(H,20,21). The summed E-state index contributed by atoms with van der Waals surface area (Å²) in [6, 6.07) is 8.34. The van der Waals surface area contributed by atoms with Crippen molar-refractivity contribution >= 4 is 11.9 Å². The fraction of sp³-hybridized carbons (Fsp3) is 0.286. The Balaban J connectivity index is 2.31. The van der Waals surface area contributed by atoms with Gasteiger partial charge in [0.25, 0.3) is 5.91 Å². The Morgan fingerprint density at radius 3 is 2.48 bits per heavy atom. The van der Waals surface area contributed by atoms with Crippen molar-refractivity contribution in [2.24, 2.45) is 0 Å². The second-order valence-corrected chi connectivity index (χ2v) is 4.66. The van der Waals surface area contributed by atoms with Crippen LogP contribution in [0, 0.1) is 6.92 Å². The zero-order valence-corrected chi connectivity index (χ0v) is 12.0. The molecule has 1 aromatic heterocycles. The van der Waals surface area contributed by atoms with Crippen LogP contribution in [0.4, 0.5) is 0 Å². The van der Waals surface area contributed by atoms with Crippen molar-refractivity contribution < 1.29 is 14.7 Å². The van der Waals surface area contributed by atoms with Crippen LogP contribution < -0.4 is 0 Å². The van der Waals surface area contributed by atoms with E-state index in [9.17, 15) is 9.59 Å². The average Bonchev–Trinajstić information content (AvgIpc) is 2.87. The molecule has 0 aliphatic heterocycles. The number of nitrogens with zero attached hydrogens (tertiary/aromatic N) is 4. The highest BCUT2D eigenvalue weighted by molar-refractivity contribution is 5.93. The molecular weight excluding hydrogens is 272 g/mol. The van der Waals surface area contributed by atoms with Gasteiger partial charge in [0.05, 0.1) is 5.69 Å². The number of benzene rings is 1. The van der Waals surface area contributed by atoms with Crippen LogP contribution in [0.2, 0.25) is 0 Å². The van der Waals surface area contributed by atoms with Gasteiger partial charge in [-0.05, 0) is 26.0 Å². The van der Waals surface area contributed by atoms with Crippen molar-refractivity contribution in [3.63, 3.8) is 0 Å². The van der Waals surface area contributed by atoms with E-state index < -0.39 is 17.9 Å². The number of carbonyl (C=O) groups excluding carboxylic acids is 1. The maximum atomic E-state index is 12.2.